The van der Waals surface area contributed by atoms with Gasteiger partial charge in [-0.3, -0.25) is 9.59 Å². The second kappa shape index (κ2) is 7.50. The molecule has 0 atom stereocenters. The number of methoxy groups -OCH3 is 1. The van der Waals surface area contributed by atoms with Gasteiger partial charge in [0.2, 0.25) is 0 Å². The van der Waals surface area contributed by atoms with Crippen LogP contribution in [0.1, 0.15) is 62.5 Å². The normalized spacial score (nSPS) is 16.3. The van der Waals surface area contributed by atoms with E-state index in [1.165, 1.54) is 11.8 Å². The Bertz CT molecular complexity index is 926. The van der Waals surface area contributed by atoms with Gasteiger partial charge >= 0.3 is 5.97 Å². The fourth-order valence-corrected chi connectivity index (χ4v) is 3.73. The number of aromatic nitrogens is 2. The van der Waals surface area contributed by atoms with Gasteiger partial charge in [0.25, 0.3) is 11.5 Å². The summed E-state index contributed by atoms with van der Waals surface area (Å²) < 4.78 is 6.28. The first-order valence-corrected chi connectivity index (χ1v) is 9.32. The largest absolute Gasteiger partial charge is 0.467 e. The molecule has 1 amide bonds. The van der Waals surface area contributed by atoms with Crippen molar-refractivity contribution in [3.8, 4) is 0 Å². The highest BCUT2D eigenvalue weighted by Gasteiger charge is 2.42. The summed E-state index contributed by atoms with van der Waals surface area (Å²) in [4.78, 5) is 38.2. The van der Waals surface area contributed by atoms with Crippen molar-refractivity contribution in [3.63, 3.8) is 0 Å². The molecular formula is C20H25N3O4. The lowest BCUT2D eigenvalue weighted by atomic mass is 9.81. The van der Waals surface area contributed by atoms with E-state index in [9.17, 15) is 14.4 Å². The molecule has 27 heavy (non-hydrogen) atoms. The SMILES string of the molecule is COC(=O)C1(NC(=O)c2nn(C(C)C)c(=O)c3ccccc23)CCCCC1. The van der Waals surface area contributed by atoms with Crippen molar-refractivity contribution in [1.29, 1.82) is 0 Å². The molecule has 144 valence electrons. The summed E-state index contributed by atoms with van der Waals surface area (Å²) in [6.07, 6.45) is 3.78. The van der Waals surface area contributed by atoms with E-state index < -0.39 is 17.4 Å². The number of hydrogen-bond acceptors (Lipinski definition) is 5. The van der Waals surface area contributed by atoms with E-state index in [4.69, 9.17) is 4.74 Å². The van der Waals surface area contributed by atoms with Gasteiger partial charge in [0.1, 0.15) is 5.54 Å². The maximum Gasteiger partial charge on any atom is 0.331 e. The monoisotopic (exact) mass is 371 g/mol. The maximum absolute atomic E-state index is 13.1. The van der Waals surface area contributed by atoms with Crippen molar-refractivity contribution in [2.45, 2.75) is 57.5 Å². The number of benzene rings is 1. The number of nitrogens with zero attached hydrogens (tertiary/aromatic N) is 2. The Labute approximate surface area is 157 Å². The third-order valence-electron chi connectivity index (χ3n) is 5.17. The van der Waals surface area contributed by atoms with Gasteiger partial charge in [0.15, 0.2) is 5.69 Å². The molecule has 0 radical (unpaired) electrons. The minimum absolute atomic E-state index is 0.146. The minimum Gasteiger partial charge on any atom is -0.467 e. The summed E-state index contributed by atoms with van der Waals surface area (Å²) in [6, 6.07) is 6.71. The van der Waals surface area contributed by atoms with Gasteiger partial charge in [-0.2, -0.15) is 5.10 Å². The van der Waals surface area contributed by atoms with Crippen LogP contribution in [0.15, 0.2) is 29.1 Å². The average Bonchev–Trinajstić information content (AvgIpc) is 2.68. The van der Waals surface area contributed by atoms with Crippen LogP contribution in [0.25, 0.3) is 10.8 Å². The van der Waals surface area contributed by atoms with Gasteiger partial charge in [0.05, 0.1) is 18.5 Å². The molecule has 0 aliphatic heterocycles. The third-order valence-corrected chi connectivity index (χ3v) is 5.17. The molecule has 7 nitrogen and oxygen atoms in total. The highest BCUT2D eigenvalue weighted by atomic mass is 16.5. The molecule has 1 N–H and O–H groups in total. The molecule has 1 heterocycles. The van der Waals surface area contributed by atoms with Crippen LogP contribution < -0.4 is 10.9 Å². The van der Waals surface area contributed by atoms with Gasteiger partial charge in [-0.15, -0.1) is 0 Å². The fraction of sp³-hybridized carbons (Fsp3) is 0.500. The molecule has 7 heteroatoms. The Morgan fingerprint density at radius 3 is 2.37 bits per heavy atom. The smallest absolute Gasteiger partial charge is 0.331 e. The van der Waals surface area contributed by atoms with Gasteiger partial charge in [-0.05, 0) is 32.8 Å². The van der Waals surface area contributed by atoms with Gasteiger partial charge in [-0.1, -0.05) is 37.5 Å². The summed E-state index contributed by atoms with van der Waals surface area (Å²) >= 11 is 0. The van der Waals surface area contributed by atoms with Crippen molar-refractivity contribution >= 4 is 22.6 Å². The second-order valence-corrected chi connectivity index (χ2v) is 7.33. The predicted molar refractivity (Wildman–Crippen MR) is 102 cm³/mol. The molecule has 0 unspecified atom stereocenters. The lowest BCUT2D eigenvalue weighted by Crippen LogP contribution is -2.56. The summed E-state index contributed by atoms with van der Waals surface area (Å²) in [5, 5.41) is 8.12. The minimum atomic E-state index is -1.04. The van der Waals surface area contributed by atoms with Crippen molar-refractivity contribution in [1.82, 2.24) is 15.1 Å². The van der Waals surface area contributed by atoms with Crippen molar-refractivity contribution in [3.05, 3.63) is 40.3 Å². The highest BCUT2D eigenvalue weighted by Crippen LogP contribution is 2.30. The first-order chi connectivity index (χ1) is 12.9. The Morgan fingerprint density at radius 2 is 1.78 bits per heavy atom. The zero-order chi connectivity index (χ0) is 19.6. The maximum atomic E-state index is 13.1. The van der Waals surface area contributed by atoms with Crippen molar-refractivity contribution in [2.75, 3.05) is 7.11 Å². The Hall–Kier alpha value is -2.70. The number of hydrogen-bond donors (Lipinski definition) is 1. The van der Waals surface area contributed by atoms with Crippen molar-refractivity contribution < 1.29 is 14.3 Å². The molecule has 1 aromatic carbocycles. The lowest BCUT2D eigenvalue weighted by Gasteiger charge is -2.35. The van der Waals surface area contributed by atoms with E-state index in [1.807, 2.05) is 13.8 Å². The fourth-order valence-electron chi connectivity index (χ4n) is 3.73. The number of fused-ring (bicyclic) bond motifs is 1. The molecule has 1 fully saturated rings. The molecule has 0 bridgehead atoms. The molecule has 1 saturated carbocycles. The van der Waals surface area contributed by atoms with E-state index in [-0.39, 0.29) is 17.3 Å². The molecule has 2 aromatic rings. The highest BCUT2D eigenvalue weighted by molar-refractivity contribution is 6.06. The van der Waals surface area contributed by atoms with Crippen LogP contribution in [-0.4, -0.2) is 34.3 Å². The van der Waals surface area contributed by atoms with E-state index in [1.54, 1.807) is 24.3 Å². The number of carbonyl (C=O) groups is 2. The Morgan fingerprint density at radius 1 is 1.15 bits per heavy atom. The lowest BCUT2D eigenvalue weighted by molar-refractivity contribution is -0.149. The van der Waals surface area contributed by atoms with Crippen LogP contribution in [0.5, 0.6) is 0 Å². The molecule has 1 aliphatic carbocycles. The zero-order valence-electron chi connectivity index (χ0n) is 15.9. The quantitative estimate of drug-likeness (QED) is 0.834. The Kier molecular flexibility index (Phi) is 5.30. The van der Waals surface area contributed by atoms with Gasteiger partial charge in [0, 0.05) is 5.39 Å². The molecule has 1 aromatic heterocycles. The standard InChI is InChI=1S/C20H25N3O4/c1-13(2)23-18(25)15-10-6-5-9-14(15)16(22-23)17(24)21-20(19(26)27-3)11-7-4-8-12-20/h5-6,9-10,13H,4,7-8,11-12H2,1-3H3,(H,21,24). The molecule has 0 spiro atoms. The number of carbonyl (C=O) groups excluding carboxylic acids is 2. The molecule has 1 aliphatic rings. The topological polar surface area (TPSA) is 90.3 Å². The van der Waals surface area contributed by atoms with Crippen LogP contribution in [0.4, 0.5) is 0 Å². The number of amides is 1. The molecular weight excluding hydrogens is 346 g/mol. The van der Waals surface area contributed by atoms with Gasteiger partial charge < -0.3 is 10.1 Å². The van der Waals surface area contributed by atoms with E-state index >= 15 is 0 Å². The second-order valence-electron chi connectivity index (χ2n) is 7.33. The average molecular weight is 371 g/mol. The van der Waals surface area contributed by atoms with Crippen LogP contribution in [0.3, 0.4) is 0 Å². The number of nitrogens with one attached hydrogen (secondary N) is 1. The Balaban J connectivity index is 2.08. The predicted octanol–water partition coefficient (Wildman–Crippen LogP) is 2.58. The van der Waals surface area contributed by atoms with Crippen molar-refractivity contribution in [2.24, 2.45) is 0 Å². The number of esters is 1. The summed E-state index contributed by atoms with van der Waals surface area (Å²) in [5.74, 6) is -0.898. The first kappa shape index (κ1) is 19.1. The van der Waals surface area contributed by atoms with Gasteiger partial charge in [-0.25, -0.2) is 9.48 Å². The number of rotatable bonds is 4. The number of ether oxygens (including phenoxy) is 1. The van der Waals surface area contributed by atoms with E-state index in [0.717, 1.165) is 19.3 Å². The molecule has 0 saturated heterocycles. The molecule has 3 rings (SSSR count). The van der Waals surface area contributed by atoms with E-state index in [2.05, 4.69) is 10.4 Å². The summed E-state index contributed by atoms with van der Waals surface area (Å²) in [5.41, 5.74) is -1.13. The van der Waals surface area contributed by atoms with Crippen LogP contribution in [0, 0.1) is 0 Å². The third kappa shape index (κ3) is 3.46. The zero-order valence-corrected chi connectivity index (χ0v) is 15.9. The summed E-state index contributed by atoms with van der Waals surface area (Å²) in [6.45, 7) is 3.67. The first-order valence-electron chi connectivity index (χ1n) is 9.32. The van der Waals surface area contributed by atoms with Crippen LogP contribution >= 0.6 is 0 Å². The summed E-state index contributed by atoms with van der Waals surface area (Å²) in [7, 11) is 1.33. The van der Waals surface area contributed by atoms with Crippen LogP contribution in [0.2, 0.25) is 0 Å². The van der Waals surface area contributed by atoms with E-state index in [0.29, 0.717) is 23.6 Å². The van der Waals surface area contributed by atoms with Crippen LogP contribution in [-0.2, 0) is 9.53 Å².